The molecule has 0 unspecified atom stereocenters. The number of aromatic amines is 1. The molecule has 4 heteroatoms. The fraction of sp³-hybridized carbons (Fsp3) is 0.600. The highest BCUT2D eigenvalue weighted by atomic mass is 35.5. The Kier molecular flexibility index (Phi) is 3.24. The second kappa shape index (κ2) is 3.45. The van der Waals surface area contributed by atoms with Gasteiger partial charge in [-0.15, -0.1) is 12.4 Å². The van der Waals surface area contributed by atoms with E-state index in [9.17, 15) is 0 Å². The molecule has 52 valence electrons. The average Bonchev–Trinajstić information content (AvgIpc) is 2.14. The molecule has 0 bridgehead atoms. The number of H-pyrrole nitrogens is 1. The maximum absolute atomic E-state index is 4.06. The van der Waals surface area contributed by atoms with Crippen molar-refractivity contribution >= 4 is 12.4 Å². The fourth-order valence-corrected chi connectivity index (χ4v) is 0.547. The predicted molar refractivity (Wildman–Crippen MR) is 37.7 cm³/mol. The molecule has 1 rings (SSSR count). The standard InChI is InChI=1S/C5H9N3.ClH/c1-3-5-6-4(2)7-8-5;/h3H2,1-2H3,(H,6,7,8);1H. The summed E-state index contributed by atoms with van der Waals surface area (Å²) in [6.45, 7) is 3.93. The number of hydrogen-bond donors (Lipinski definition) is 1. The number of aryl methyl sites for hydroxylation is 2. The van der Waals surface area contributed by atoms with E-state index in [4.69, 9.17) is 0 Å². The van der Waals surface area contributed by atoms with Gasteiger partial charge in [0.2, 0.25) is 0 Å². The van der Waals surface area contributed by atoms with Crippen molar-refractivity contribution in [1.82, 2.24) is 15.2 Å². The highest BCUT2D eigenvalue weighted by Gasteiger charge is 1.91. The van der Waals surface area contributed by atoms with E-state index >= 15 is 0 Å². The lowest BCUT2D eigenvalue weighted by Crippen LogP contribution is -1.80. The summed E-state index contributed by atoms with van der Waals surface area (Å²) in [7, 11) is 0. The lowest BCUT2D eigenvalue weighted by atomic mass is 10.5. The van der Waals surface area contributed by atoms with E-state index in [1.807, 2.05) is 13.8 Å². The first-order chi connectivity index (χ1) is 3.83. The zero-order chi connectivity index (χ0) is 5.98. The van der Waals surface area contributed by atoms with Crippen LogP contribution in [-0.4, -0.2) is 15.2 Å². The largest absolute Gasteiger partial charge is 0.263 e. The summed E-state index contributed by atoms with van der Waals surface area (Å²) in [5.74, 6) is 1.78. The normalized spacial score (nSPS) is 8.67. The van der Waals surface area contributed by atoms with Crippen LogP contribution in [0.15, 0.2) is 0 Å². The molecule has 0 aliphatic rings. The molecular formula is C5H10ClN3. The van der Waals surface area contributed by atoms with E-state index in [0.29, 0.717) is 0 Å². The van der Waals surface area contributed by atoms with Gasteiger partial charge in [0.15, 0.2) is 0 Å². The topological polar surface area (TPSA) is 41.6 Å². The number of rotatable bonds is 1. The fourth-order valence-electron chi connectivity index (χ4n) is 0.547. The van der Waals surface area contributed by atoms with E-state index in [1.54, 1.807) is 0 Å². The first kappa shape index (κ1) is 8.43. The van der Waals surface area contributed by atoms with Gasteiger partial charge in [0, 0.05) is 6.42 Å². The summed E-state index contributed by atoms with van der Waals surface area (Å²) in [4.78, 5) is 4.06. The van der Waals surface area contributed by atoms with Crippen molar-refractivity contribution < 1.29 is 0 Å². The van der Waals surface area contributed by atoms with Crippen LogP contribution >= 0.6 is 12.4 Å². The van der Waals surface area contributed by atoms with Crippen molar-refractivity contribution in [3.05, 3.63) is 11.6 Å². The van der Waals surface area contributed by atoms with Crippen molar-refractivity contribution in [2.24, 2.45) is 0 Å². The van der Waals surface area contributed by atoms with Gasteiger partial charge in [0.1, 0.15) is 11.6 Å². The molecule has 3 nitrogen and oxygen atoms in total. The Morgan fingerprint density at radius 1 is 1.56 bits per heavy atom. The van der Waals surface area contributed by atoms with E-state index in [-0.39, 0.29) is 12.4 Å². The minimum atomic E-state index is 0. The highest BCUT2D eigenvalue weighted by molar-refractivity contribution is 5.85. The molecule has 0 aliphatic carbocycles. The molecule has 1 N–H and O–H groups in total. The van der Waals surface area contributed by atoms with Gasteiger partial charge in [0.05, 0.1) is 0 Å². The van der Waals surface area contributed by atoms with Gasteiger partial charge in [-0.1, -0.05) is 6.92 Å². The molecule has 0 spiro atoms. The van der Waals surface area contributed by atoms with Crippen molar-refractivity contribution in [1.29, 1.82) is 0 Å². The molecule has 0 saturated heterocycles. The first-order valence-corrected chi connectivity index (χ1v) is 2.71. The van der Waals surface area contributed by atoms with Crippen LogP contribution < -0.4 is 0 Å². The van der Waals surface area contributed by atoms with Crippen LogP contribution in [0.2, 0.25) is 0 Å². The van der Waals surface area contributed by atoms with Crippen molar-refractivity contribution in [2.75, 3.05) is 0 Å². The monoisotopic (exact) mass is 147 g/mol. The summed E-state index contributed by atoms with van der Waals surface area (Å²) in [5, 5.41) is 6.66. The van der Waals surface area contributed by atoms with Gasteiger partial charge < -0.3 is 0 Å². The molecule has 0 saturated carbocycles. The number of aromatic nitrogens is 3. The minimum absolute atomic E-state index is 0. The Labute approximate surface area is 60.3 Å². The maximum Gasteiger partial charge on any atom is 0.150 e. The zero-order valence-electron chi connectivity index (χ0n) is 5.51. The number of nitrogens with zero attached hydrogens (tertiary/aromatic N) is 2. The number of halogens is 1. The molecule has 1 aromatic heterocycles. The lowest BCUT2D eigenvalue weighted by Gasteiger charge is -1.76. The Morgan fingerprint density at radius 2 is 2.22 bits per heavy atom. The van der Waals surface area contributed by atoms with Gasteiger partial charge in [0.25, 0.3) is 0 Å². The van der Waals surface area contributed by atoms with Crippen molar-refractivity contribution in [3.8, 4) is 0 Å². The summed E-state index contributed by atoms with van der Waals surface area (Å²) in [5.41, 5.74) is 0. The SMILES string of the molecule is CCc1n[nH]c(C)n1.Cl. The molecule has 0 radical (unpaired) electrons. The number of nitrogens with one attached hydrogen (secondary N) is 1. The summed E-state index contributed by atoms with van der Waals surface area (Å²) < 4.78 is 0. The molecular weight excluding hydrogens is 138 g/mol. The minimum Gasteiger partial charge on any atom is -0.263 e. The summed E-state index contributed by atoms with van der Waals surface area (Å²) in [6.07, 6.45) is 0.907. The Hall–Kier alpha value is -0.570. The molecule has 0 atom stereocenters. The molecule has 0 fully saturated rings. The number of hydrogen-bond acceptors (Lipinski definition) is 2. The van der Waals surface area contributed by atoms with Crippen LogP contribution in [0.5, 0.6) is 0 Å². The molecule has 1 aromatic rings. The molecule has 0 aliphatic heterocycles. The third kappa shape index (κ3) is 2.01. The smallest absolute Gasteiger partial charge is 0.150 e. The third-order valence-electron chi connectivity index (χ3n) is 0.960. The first-order valence-electron chi connectivity index (χ1n) is 2.71. The van der Waals surface area contributed by atoms with Crippen molar-refractivity contribution in [2.45, 2.75) is 20.3 Å². The Morgan fingerprint density at radius 3 is 2.44 bits per heavy atom. The third-order valence-corrected chi connectivity index (χ3v) is 0.960. The van der Waals surface area contributed by atoms with E-state index in [0.717, 1.165) is 18.1 Å². The second-order valence-electron chi connectivity index (χ2n) is 1.69. The zero-order valence-corrected chi connectivity index (χ0v) is 6.33. The van der Waals surface area contributed by atoms with Crippen molar-refractivity contribution in [3.63, 3.8) is 0 Å². The van der Waals surface area contributed by atoms with Crippen LogP contribution in [0.1, 0.15) is 18.6 Å². The lowest BCUT2D eigenvalue weighted by molar-refractivity contribution is 0.945. The van der Waals surface area contributed by atoms with Gasteiger partial charge >= 0.3 is 0 Å². The van der Waals surface area contributed by atoms with Gasteiger partial charge in [-0.3, -0.25) is 5.10 Å². The Bertz CT molecular complexity index is 172. The molecule has 0 aromatic carbocycles. The van der Waals surface area contributed by atoms with Crippen LogP contribution in [0.4, 0.5) is 0 Å². The summed E-state index contributed by atoms with van der Waals surface area (Å²) >= 11 is 0. The Balaban J connectivity index is 0.000000640. The van der Waals surface area contributed by atoms with Crippen LogP contribution in [-0.2, 0) is 6.42 Å². The van der Waals surface area contributed by atoms with E-state index < -0.39 is 0 Å². The molecule has 0 amide bonds. The van der Waals surface area contributed by atoms with Gasteiger partial charge in [-0.2, -0.15) is 5.10 Å². The van der Waals surface area contributed by atoms with Gasteiger partial charge in [-0.05, 0) is 6.92 Å². The van der Waals surface area contributed by atoms with Gasteiger partial charge in [-0.25, -0.2) is 4.98 Å². The predicted octanol–water partition coefficient (Wildman–Crippen LogP) is 1.10. The summed E-state index contributed by atoms with van der Waals surface area (Å²) in [6, 6.07) is 0. The van der Waals surface area contributed by atoms with E-state index in [2.05, 4.69) is 15.2 Å². The highest BCUT2D eigenvalue weighted by Crippen LogP contribution is 1.88. The second-order valence-corrected chi connectivity index (χ2v) is 1.69. The van der Waals surface area contributed by atoms with E-state index in [1.165, 1.54) is 0 Å². The van der Waals surface area contributed by atoms with Crippen LogP contribution in [0.25, 0.3) is 0 Å². The van der Waals surface area contributed by atoms with Crippen LogP contribution in [0, 0.1) is 6.92 Å². The average molecular weight is 148 g/mol. The maximum atomic E-state index is 4.06. The quantitative estimate of drug-likeness (QED) is 0.647. The molecule has 1 heterocycles. The van der Waals surface area contributed by atoms with Crippen LogP contribution in [0.3, 0.4) is 0 Å². The molecule has 9 heavy (non-hydrogen) atoms.